The largest absolute Gasteiger partial charge is 0.338 e. The minimum absolute atomic E-state index is 0. The first-order valence-corrected chi connectivity index (χ1v) is 8.83. The Kier molecular flexibility index (Phi) is 7.57. The van der Waals surface area contributed by atoms with Crippen LogP contribution in [0.1, 0.15) is 23.2 Å². The van der Waals surface area contributed by atoms with E-state index in [4.69, 9.17) is 5.73 Å². The van der Waals surface area contributed by atoms with E-state index in [-0.39, 0.29) is 36.8 Å². The van der Waals surface area contributed by atoms with Gasteiger partial charge in [0.1, 0.15) is 5.69 Å². The summed E-state index contributed by atoms with van der Waals surface area (Å²) in [6, 6.07) is 13.8. The molecule has 148 valence electrons. The fourth-order valence-corrected chi connectivity index (χ4v) is 3.23. The molecule has 0 bridgehead atoms. The summed E-state index contributed by atoms with van der Waals surface area (Å²) in [4.78, 5) is 19.2. The maximum atomic E-state index is 13.2. The highest BCUT2D eigenvalue weighted by Gasteiger charge is 2.26. The van der Waals surface area contributed by atoms with Gasteiger partial charge in [0, 0.05) is 43.3 Å². The molecule has 6 nitrogen and oxygen atoms in total. The Labute approximate surface area is 176 Å². The topological polar surface area (TPSA) is 77.0 Å². The molecular weight excluding hydrogens is 397 g/mol. The van der Waals surface area contributed by atoms with Crippen LogP contribution in [0, 0.1) is 0 Å². The molecule has 3 heterocycles. The maximum absolute atomic E-state index is 13.2. The predicted molar refractivity (Wildman–Crippen MR) is 114 cm³/mol. The van der Waals surface area contributed by atoms with E-state index in [2.05, 4.69) is 10.1 Å². The molecular formula is C20H23Cl2N5O. The van der Waals surface area contributed by atoms with Crippen molar-refractivity contribution < 1.29 is 4.79 Å². The van der Waals surface area contributed by atoms with Gasteiger partial charge in [-0.05, 0) is 37.1 Å². The molecule has 0 spiro atoms. The van der Waals surface area contributed by atoms with Gasteiger partial charge in [-0.25, -0.2) is 4.68 Å². The summed E-state index contributed by atoms with van der Waals surface area (Å²) in [5, 5.41) is 4.69. The second-order valence-corrected chi connectivity index (χ2v) is 6.54. The van der Waals surface area contributed by atoms with Gasteiger partial charge >= 0.3 is 0 Å². The van der Waals surface area contributed by atoms with E-state index < -0.39 is 0 Å². The Morgan fingerprint density at radius 2 is 1.75 bits per heavy atom. The van der Waals surface area contributed by atoms with Crippen molar-refractivity contribution in [2.24, 2.45) is 5.73 Å². The molecule has 0 saturated carbocycles. The number of nitrogens with zero attached hydrogens (tertiary/aromatic N) is 4. The molecule has 1 fully saturated rings. The Balaban J connectivity index is 0.00000140. The van der Waals surface area contributed by atoms with E-state index in [9.17, 15) is 4.79 Å². The van der Waals surface area contributed by atoms with Crippen molar-refractivity contribution in [3.63, 3.8) is 0 Å². The van der Waals surface area contributed by atoms with Crippen LogP contribution in [0.2, 0.25) is 0 Å². The summed E-state index contributed by atoms with van der Waals surface area (Å²) in [7, 11) is 0. The van der Waals surface area contributed by atoms with E-state index in [0.717, 1.165) is 24.1 Å². The molecule has 2 N–H and O–H groups in total. The Morgan fingerprint density at radius 1 is 1.04 bits per heavy atom. The number of benzene rings is 1. The van der Waals surface area contributed by atoms with Crippen LogP contribution in [0.15, 0.2) is 61.1 Å². The number of halogens is 2. The van der Waals surface area contributed by atoms with Gasteiger partial charge in [0.15, 0.2) is 0 Å². The number of hydrogen-bond acceptors (Lipinski definition) is 4. The highest BCUT2D eigenvalue weighted by molar-refractivity contribution is 6.00. The molecule has 1 aliphatic rings. The third-order valence-corrected chi connectivity index (χ3v) is 4.73. The zero-order valence-electron chi connectivity index (χ0n) is 15.3. The van der Waals surface area contributed by atoms with Gasteiger partial charge in [0.05, 0.1) is 11.3 Å². The predicted octanol–water partition coefficient (Wildman–Crippen LogP) is 3.34. The van der Waals surface area contributed by atoms with Crippen LogP contribution < -0.4 is 5.73 Å². The number of para-hydroxylation sites is 1. The molecule has 1 aliphatic heterocycles. The summed E-state index contributed by atoms with van der Waals surface area (Å²) < 4.78 is 1.76. The summed E-state index contributed by atoms with van der Waals surface area (Å²) in [5.41, 5.74) is 8.97. The monoisotopic (exact) mass is 419 g/mol. The van der Waals surface area contributed by atoms with Gasteiger partial charge < -0.3 is 10.6 Å². The quantitative estimate of drug-likeness (QED) is 0.705. The number of amides is 1. The second kappa shape index (κ2) is 9.68. The highest BCUT2D eigenvalue weighted by atomic mass is 35.5. The molecule has 2 aromatic heterocycles. The van der Waals surface area contributed by atoms with Crippen LogP contribution in [-0.2, 0) is 0 Å². The van der Waals surface area contributed by atoms with Crippen molar-refractivity contribution in [1.82, 2.24) is 19.7 Å². The van der Waals surface area contributed by atoms with Crippen molar-refractivity contribution in [3.8, 4) is 16.9 Å². The molecule has 3 aromatic rings. The maximum Gasteiger partial charge on any atom is 0.257 e. The molecule has 0 unspecified atom stereocenters. The molecule has 4 rings (SSSR count). The number of rotatable bonds is 3. The fourth-order valence-electron chi connectivity index (χ4n) is 3.23. The van der Waals surface area contributed by atoms with Gasteiger partial charge in [-0.1, -0.05) is 18.2 Å². The summed E-state index contributed by atoms with van der Waals surface area (Å²) in [6.07, 6.45) is 6.93. The SMILES string of the molecule is Cl.Cl.NC1CCN(C(=O)c2cn(-c3ccccc3)nc2-c2cccnc2)CC1. The van der Waals surface area contributed by atoms with E-state index >= 15 is 0 Å². The van der Waals surface area contributed by atoms with Crippen LogP contribution in [0.25, 0.3) is 16.9 Å². The van der Waals surface area contributed by atoms with E-state index in [0.29, 0.717) is 24.3 Å². The molecule has 0 aliphatic carbocycles. The normalized spacial score (nSPS) is 14.1. The highest BCUT2D eigenvalue weighted by Crippen LogP contribution is 2.25. The Morgan fingerprint density at radius 3 is 2.39 bits per heavy atom. The van der Waals surface area contributed by atoms with Crippen molar-refractivity contribution >= 4 is 30.7 Å². The van der Waals surface area contributed by atoms with Crippen molar-refractivity contribution in [2.75, 3.05) is 13.1 Å². The zero-order valence-corrected chi connectivity index (χ0v) is 16.9. The Bertz CT molecular complexity index is 893. The smallest absolute Gasteiger partial charge is 0.257 e. The molecule has 8 heteroatoms. The number of hydrogen-bond donors (Lipinski definition) is 1. The minimum Gasteiger partial charge on any atom is -0.338 e. The number of likely N-dealkylation sites (tertiary alicyclic amines) is 1. The van der Waals surface area contributed by atoms with Crippen LogP contribution in [0.5, 0.6) is 0 Å². The van der Waals surface area contributed by atoms with Crippen LogP contribution in [0.4, 0.5) is 0 Å². The first-order chi connectivity index (χ1) is 12.7. The summed E-state index contributed by atoms with van der Waals surface area (Å²) >= 11 is 0. The summed E-state index contributed by atoms with van der Waals surface area (Å²) in [5.74, 6) is -0.00191. The molecule has 28 heavy (non-hydrogen) atoms. The lowest BCUT2D eigenvalue weighted by Crippen LogP contribution is -2.42. The van der Waals surface area contributed by atoms with Gasteiger partial charge in [0.2, 0.25) is 0 Å². The molecule has 1 saturated heterocycles. The van der Waals surface area contributed by atoms with E-state index in [1.54, 1.807) is 17.1 Å². The lowest BCUT2D eigenvalue weighted by Gasteiger charge is -2.30. The second-order valence-electron chi connectivity index (χ2n) is 6.54. The van der Waals surface area contributed by atoms with Gasteiger partial charge in [-0.2, -0.15) is 5.10 Å². The standard InChI is InChI=1S/C20H21N5O.2ClH/c21-16-8-11-24(12-9-16)20(26)18-14-25(17-6-2-1-3-7-17)23-19(18)15-5-4-10-22-13-15;;/h1-7,10,13-14,16H,8-9,11-12,21H2;2*1H. The molecule has 0 radical (unpaired) electrons. The summed E-state index contributed by atoms with van der Waals surface area (Å²) in [6.45, 7) is 1.37. The first kappa shape index (κ1) is 21.9. The average Bonchev–Trinajstić information content (AvgIpc) is 3.15. The lowest BCUT2D eigenvalue weighted by atomic mass is 10.0. The minimum atomic E-state index is -0.00191. The average molecular weight is 420 g/mol. The van der Waals surface area contributed by atoms with Crippen LogP contribution in [0.3, 0.4) is 0 Å². The fraction of sp³-hybridized carbons (Fsp3) is 0.250. The van der Waals surface area contributed by atoms with E-state index in [1.807, 2.05) is 53.6 Å². The molecule has 1 amide bonds. The third kappa shape index (κ3) is 4.52. The van der Waals surface area contributed by atoms with Gasteiger partial charge in [0.25, 0.3) is 5.91 Å². The lowest BCUT2D eigenvalue weighted by molar-refractivity contribution is 0.0715. The van der Waals surface area contributed by atoms with Crippen LogP contribution >= 0.6 is 24.8 Å². The number of pyridine rings is 1. The third-order valence-electron chi connectivity index (χ3n) is 4.73. The number of aromatic nitrogens is 3. The van der Waals surface area contributed by atoms with Crippen LogP contribution in [-0.4, -0.2) is 44.7 Å². The Hall–Kier alpha value is -2.41. The van der Waals surface area contributed by atoms with Gasteiger partial charge in [-0.3, -0.25) is 9.78 Å². The number of carbonyl (C=O) groups is 1. The number of nitrogens with two attached hydrogens (primary N) is 1. The zero-order chi connectivity index (χ0) is 17.9. The van der Waals surface area contributed by atoms with Crippen molar-refractivity contribution in [1.29, 1.82) is 0 Å². The number of carbonyl (C=O) groups excluding carboxylic acids is 1. The molecule has 1 aromatic carbocycles. The molecule has 0 atom stereocenters. The number of piperidine rings is 1. The first-order valence-electron chi connectivity index (χ1n) is 8.83. The van der Waals surface area contributed by atoms with Crippen molar-refractivity contribution in [2.45, 2.75) is 18.9 Å². The van der Waals surface area contributed by atoms with Gasteiger partial charge in [-0.15, -0.1) is 24.8 Å². The van der Waals surface area contributed by atoms with Crippen molar-refractivity contribution in [3.05, 3.63) is 66.6 Å². The van der Waals surface area contributed by atoms with E-state index in [1.165, 1.54) is 0 Å².